The Hall–Kier alpha value is 0.200. The van der Waals surface area contributed by atoms with Crippen molar-refractivity contribution in [2.75, 3.05) is 12.4 Å². The highest BCUT2D eigenvalue weighted by atomic mass is 127. The van der Waals surface area contributed by atoms with Crippen LogP contribution < -0.4 is 5.32 Å². The molecule has 0 aromatic heterocycles. The zero-order valence-corrected chi connectivity index (χ0v) is 12.1. The van der Waals surface area contributed by atoms with Crippen molar-refractivity contribution in [1.82, 2.24) is 5.32 Å². The van der Waals surface area contributed by atoms with Crippen molar-refractivity contribution in [2.24, 2.45) is 5.41 Å². The molecule has 0 bridgehead atoms. The van der Waals surface area contributed by atoms with Crippen LogP contribution in [-0.4, -0.2) is 12.4 Å². The van der Waals surface area contributed by atoms with Crippen LogP contribution in [0.15, 0.2) is 24.3 Å². The second kappa shape index (κ2) is 6.06. The van der Waals surface area contributed by atoms with Crippen LogP contribution in [0.5, 0.6) is 0 Å². The van der Waals surface area contributed by atoms with Crippen LogP contribution in [0.25, 0.3) is 0 Å². The molecule has 84 valence electrons. The van der Waals surface area contributed by atoms with E-state index in [1.54, 1.807) is 0 Å². The topological polar surface area (TPSA) is 12.0 Å². The van der Waals surface area contributed by atoms with Crippen LogP contribution in [0.4, 0.5) is 0 Å². The van der Waals surface area contributed by atoms with E-state index >= 15 is 0 Å². The lowest BCUT2D eigenvalue weighted by Crippen LogP contribution is -2.30. The molecule has 0 unspecified atom stereocenters. The SMILES string of the molecule is CC(C)(CCl)CNCc1ccc(I)cc1. The number of hydrogen-bond acceptors (Lipinski definition) is 1. The van der Waals surface area contributed by atoms with Gasteiger partial charge in [0, 0.05) is 22.5 Å². The Morgan fingerprint density at radius 1 is 1.27 bits per heavy atom. The van der Waals surface area contributed by atoms with Gasteiger partial charge in [0.2, 0.25) is 0 Å². The van der Waals surface area contributed by atoms with Gasteiger partial charge in [-0.3, -0.25) is 0 Å². The molecule has 15 heavy (non-hydrogen) atoms. The Balaban J connectivity index is 2.35. The molecule has 0 aliphatic heterocycles. The lowest BCUT2D eigenvalue weighted by atomic mass is 9.96. The quantitative estimate of drug-likeness (QED) is 0.639. The molecule has 0 heterocycles. The van der Waals surface area contributed by atoms with Gasteiger partial charge in [-0.15, -0.1) is 11.6 Å². The smallest absolute Gasteiger partial charge is 0.0286 e. The Morgan fingerprint density at radius 2 is 1.87 bits per heavy atom. The monoisotopic (exact) mass is 337 g/mol. The molecule has 1 rings (SSSR count). The minimum Gasteiger partial charge on any atom is -0.312 e. The van der Waals surface area contributed by atoms with Gasteiger partial charge in [-0.05, 0) is 45.7 Å². The fourth-order valence-corrected chi connectivity index (χ4v) is 1.65. The Labute approximate surface area is 111 Å². The summed E-state index contributed by atoms with van der Waals surface area (Å²) >= 11 is 8.17. The van der Waals surface area contributed by atoms with Gasteiger partial charge in [0.25, 0.3) is 0 Å². The Kier molecular flexibility index (Phi) is 5.36. The summed E-state index contributed by atoms with van der Waals surface area (Å²) in [6, 6.07) is 8.57. The first kappa shape index (κ1) is 13.3. The number of alkyl halides is 1. The first-order valence-corrected chi connectivity index (χ1v) is 6.66. The summed E-state index contributed by atoms with van der Waals surface area (Å²) in [6.07, 6.45) is 0. The maximum absolute atomic E-state index is 5.85. The highest BCUT2D eigenvalue weighted by molar-refractivity contribution is 14.1. The van der Waals surface area contributed by atoms with Gasteiger partial charge < -0.3 is 5.32 Å². The molecule has 0 atom stereocenters. The van der Waals surface area contributed by atoms with E-state index in [2.05, 4.69) is 66.0 Å². The maximum Gasteiger partial charge on any atom is 0.0286 e. The molecule has 0 amide bonds. The summed E-state index contributed by atoms with van der Waals surface area (Å²) in [5.74, 6) is 0.687. The molecular formula is C12H17ClIN. The highest BCUT2D eigenvalue weighted by Gasteiger charge is 2.15. The average molecular weight is 338 g/mol. The van der Waals surface area contributed by atoms with Crippen LogP contribution >= 0.6 is 34.2 Å². The zero-order chi connectivity index (χ0) is 11.3. The van der Waals surface area contributed by atoms with Crippen molar-refractivity contribution in [2.45, 2.75) is 20.4 Å². The van der Waals surface area contributed by atoms with Crippen LogP contribution in [0.3, 0.4) is 0 Å². The molecule has 1 nitrogen and oxygen atoms in total. The summed E-state index contributed by atoms with van der Waals surface area (Å²) in [7, 11) is 0. The van der Waals surface area contributed by atoms with Crippen LogP contribution in [0, 0.1) is 8.99 Å². The van der Waals surface area contributed by atoms with Crippen molar-refractivity contribution in [1.29, 1.82) is 0 Å². The summed E-state index contributed by atoms with van der Waals surface area (Å²) in [5.41, 5.74) is 1.49. The standard InChI is InChI=1S/C12H17ClIN/c1-12(2,8-13)9-15-7-10-3-5-11(14)6-4-10/h3-6,15H,7-9H2,1-2H3. The molecule has 0 aliphatic rings. The molecule has 0 spiro atoms. The molecule has 0 saturated heterocycles. The average Bonchev–Trinajstić information content (AvgIpc) is 2.21. The maximum atomic E-state index is 5.85. The van der Waals surface area contributed by atoms with E-state index in [4.69, 9.17) is 11.6 Å². The molecule has 0 saturated carbocycles. The first-order valence-electron chi connectivity index (χ1n) is 5.05. The minimum absolute atomic E-state index is 0.171. The fourth-order valence-electron chi connectivity index (χ4n) is 1.19. The van der Waals surface area contributed by atoms with Gasteiger partial charge in [-0.1, -0.05) is 26.0 Å². The van der Waals surface area contributed by atoms with Crippen LogP contribution in [-0.2, 0) is 6.54 Å². The third kappa shape index (κ3) is 5.18. The van der Waals surface area contributed by atoms with Gasteiger partial charge >= 0.3 is 0 Å². The van der Waals surface area contributed by atoms with Crippen molar-refractivity contribution in [3.8, 4) is 0 Å². The lowest BCUT2D eigenvalue weighted by Gasteiger charge is -2.21. The normalized spacial score (nSPS) is 11.7. The Bertz CT molecular complexity index is 295. The van der Waals surface area contributed by atoms with Crippen LogP contribution in [0.2, 0.25) is 0 Å². The van der Waals surface area contributed by atoms with E-state index in [0.29, 0.717) is 5.88 Å². The summed E-state index contributed by atoms with van der Waals surface area (Å²) < 4.78 is 1.28. The van der Waals surface area contributed by atoms with E-state index in [9.17, 15) is 0 Å². The molecule has 1 aromatic carbocycles. The molecular weight excluding hydrogens is 320 g/mol. The van der Waals surface area contributed by atoms with Gasteiger partial charge in [-0.25, -0.2) is 0 Å². The predicted octanol–water partition coefficient (Wildman–Crippen LogP) is 3.65. The fraction of sp³-hybridized carbons (Fsp3) is 0.500. The van der Waals surface area contributed by atoms with Crippen LogP contribution in [0.1, 0.15) is 19.4 Å². The van der Waals surface area contributed by atoms with Gasteiger partial charge in [0.05, 0.1) is 0 Å². The van der Waals surface area contributed by atoms with E-state index in [1.165, 1.54) is 9.13 Å². The largest absolute Gasteiger partial charge is 0.312 e. The summed E-state index contributed by atoms with van der Waals surface area (Å²) in [4.78, 5) is 0. The third-order valence-corrected chi connectivity index (χ3v) is 3.65. The number of benzene rings is 1. The molecule has 0 aliphatic carbocycles. The second-order valence-corrected chi connectivity index (χ2v) is 6.04. The molecule has 3 heteroatoms. The molecule has 1 aromatic rings. The van der Waals surface area contributed by atoms with Gasteiger partial charge in [0.15, 0.2) is 0 Å². The highest BCUT2D eigenvalue weighted by Crippen LogP contribution is 2.15. The van der Waals surface area contributed by atoms with Crippen molar-refractivity contribution in [3.63, 3.8) is 0 Å². The van der Waals surface area contributed by atoms with Crippen molar-refractivity contribution < 1.29 is 0 Å². The predicted molar refractivity (Wildman–Crippen MR) is 75.4 cm³/mol. The van der Waals surface area contributed by atoms with E-state index < -0.39 is 0 Å². The molecule has 0 fully saturated rings. The second-order valence-electron chi connectivity index (χ2n) is 4.53. The Morgan fingerprint density at radius 3 is 2.40 bits per heavy atom. The zero-order valence-electron chi connectivity index (χ0n) is 9.19. The summed E-state index contributed by atoms with van der Waals surface area (Å²) in [5, 5.41) is 3.43. The lowest BCUT2D eigenvalue weighted by molar-refractivity contribution is 0.385. The minimum atomic E-state index is 0.171. The van der Waals surface area contributed by atoms with Crippen molar-refractivity contribution >= 4 is 34.2 Å². The first-order chi connectivity index (χ1) is 7.03. The van der Waals surface area contributed by atoms with Gasteiger partial charge in [0.1, 0.15) is 0 Å². The van der Waals surface area contributed by atoms with E-state index in [-0.39, 0.29) is 5.41 Å². The number of rotatable bonds is 5. The van der Waals surface area contributed by atoms with Crippen molar-refractivity contribution in [3.05, 3.63) is 33.4 Å². The third-order valence-electron chi connectivity index (χ3n) is 2.21. The number of halogens is 2. The summed E-state index contributed by atoms with van der Waals surface area (Å²) in [6.45, 7) is 6.20. The number of nitrogens with one attached hydrogen (secondary N) is 1. The molecule has 1 N–H and O–H groups in total. The number of hydrogen-bond donors (Lipinski definition) is 1. The molecule has 0 radical (unpaired) electrons. The van der Waals surface area contributed by atoms with Gasteiger partial charge in [-0.2, -0.15) is 0 Å². The van der Waals surface area contributed by atoms with E-state index in [0.717, 1.165) is 13.1 Å². The van der Waals surface area contributed by atoms with E-state index in [1.807, 2.05) is 0 Å².